The summed E-state index contributed by atoms with van der Waals surface area (Å²) in [7, 11) is 0. The van der Waals surface area contributed by atoms with Gasteiger partial charge in [-0.25, -0.2) is 19.2 Å². The highest BCUT2D eigenvalue weighted by molar-refractivity contribution is 7.20. The summed E-state index contributed by atoms with van der Waals surface area (Å²) >= 11 is 1.07. The van der Waals surface area contributed by atoms with Crippen LogP contribution in [0, 0.1) is 12.7 Å². The standard InChI is InChI=1S/C21H22FN5O5S/c1-4-24-19(29)11(3)32-14-7-12(22)5-6-13(14)27-18-16-10(2)17(21(30)31-8-15(23)28)33-20(16)26-9-25-18/h5-7,9,11H,4,8H2,1-3H3,(H2,23,28)(H,24,29)(H,25,26,27). The average Bonchev–Trinajstić information content (AvgIpc) is 3.11. The molecule has 0 spiro atoms. The predicted octanol–water partition coefficient (Wildman–Crippen LogP) is 2.43. The van der Waals surface area contributed by atoms with Gasteiger partial charge in [-0.05, 0) is 38.5 Å². The molecular formula is C21H22FN5O5S. The van der Waals surface area contributed by atoms with E-state index in [0.717, 1.165) is 17.4 Å². The molecule has 12 heteroatoms. The van der Waals surface area contributed by atoms with Crippen molar-refractivity contribution in [1.29, 1.82) is 0 Å². The number of esters is 1. The number of ether oxygens (including phenoxy) is 2. The maximum atomic E-state index is 13.9. The largest absolute Gasteiger partial charge is 0.479 e. The van der Waals surface area contributed by atoms with Crippen LogP contribution in [0.5, 0.6) is 5.75 Å². The van der Waals surface area contributed by atoms with E-state index in [4.69, 9.17) is 15.2 Å². The van der Waals surface area contributed by atoms with E-state index in [0.29, 0.717) is 33.8 Å². The van der Waals surface area contributed by atoms with Crippen LogP contribution in [0.3, 0.4) is 0 Å². The van der Waals surface area contributed by atoms with Gasteiger partial charge in [-0.2, -0.15) is 0 Å². The van der Waals surface area contributed by atoms with Gasteiger partial charge in [0.25, 0.3) is 11.8 Å². The molecule has 0 radical (unpaired) electrons. The number of primary amides is 1. The number of aryl methyl sites for hydroxylation is 1. The highest BCUT2D eigenvalue weighted by atomic mass is 32.1. The van der Waals surface area contributed by atoms with Crippen LogP contribution in [0.25, 0.3) is 10.2 Å². The molecule has 2 heterocycles. The molecule has 2 aromatic heterocycles. The van der Waals surface area contributed by atoms with Gasteiger partial charge in [0, 0.05) is 12.6 Å². The molecule has 3 aromatic rings. The zero-order chi connectivity index (χ0) is 24.1. The maximum absolute atomic E-state index is 13.9. The number of amides is 2. The van der Waals surface area contributed by atoms with Crippen LogP contribution in [0.1, 0.15) is 29.1 Å². The fourth-order valence-corrected chi connectivity index (χ4v) is 3.99. The van der Waals surface area contributed by atoms with Gasteiger partial charge in [-0.1, -0.05) is 0 Å². The summed E-state index contributed by atoms with van der Waals surface area (Å²) < 4.78 is 24.5. The van der Waals surface area contributed by atoms with E-state index in [1.807, 2.05) is 0 Å². The Kier molecular flexibility index (Phi) is 7.38. The Morgan fingerprint density at radius 3 is 2.73 bits per heavy atom. The third-order valence-corrected chi connectivity index (χ3v) is 5.66. The zero-order valence-corrected chi connectivity index (χ0v) is 18.9. The molecule has 4 N–H and O–H groups in total. The predicted molar refractivity (Wildman–Crippen MR) is 120 cm³/mol. The van der Waals surface area contributed by atoms with Crippen LogP contribution < -0.4 is 21.1 Å². The number of thiophene rings is 1. The molecule has 0 aliphatic heterocycles. The van der Waals surface area contributed by atoms with E-state index in [1.165, 1.54) is 18.5 Å². The number of benzene rings is 1. The first-order chi connectivity index (χ1) is 15.7. The Morgan fingerprint density at radius 2 is 2.03 bits per heavy atom. The molecule has 0 aliphatic carbocycles. The number of carbonyl (C=O) groups excluding carboxylic acids is 3. The average molecular weight is 476 g/mol. The van der Waals surface area contributed by atoms with Crippen molar-refractivity contribution >= 4 is 50.8 Å². The summed E-state index contributed by atoms with van der Waals surface area (Å²) in [5, 5.41) is 6.25. The molecule has 0 aliphatic rings. The Morgan fingerprint density at radius 1 is 1.27 bits per heavy atom. The van der Waals surface area contributed by atoms with Crippen molar-refractivity contribution in [3.05, 3.63) is 40.8 Å². The van der Waals surface area contributed by atoms with Gasteiger partial charge in [0.1, 0.15) is 33.4 Å². The third kappa shape index (κ3) is 5.52. The number of anilines is 2. The molecule has 3 rings (SSSR count). The van der Waals surface area contributed by atoms with Crippen LogP contribution in [-0.2, 0) is 14.3 Å². The molecular weight excluding hydrogens is 453 g/mol. The van der Waals surface area contributed by atoms with Crippen molar-refractivity contribution in [3.63, 3.8) is 0 Å². The van der Waals surface area contributed by atoms with Crippen LogP contribution in [0.4, 0.5) is 15.9 Å². The summed E-state index contributed by atoms with van der Waals surface area (Å²) in [6.45, 7) is 4.91. The second-order valence-corrected chi connectivity index (χ2v) is 7.92. The highest BCUT2D eigenvalue weighted by Crippen LogP contribution is 2.37. The summed E-state index contributed by atoms with van der Waals surface area (Å²) in [6, 6.07) is 3.84. The van der Waals surface area contributed by atoms with Crippen molar-refractivity contribution in [2.45, 2.75) is 26.9 Å². The number of hydrogen-bond donors (Lipinski definition) is 3. The lowest BCUT2D eigenvalue weighted by molar-refractivity contribution is -0.127. The fraction of sp³-hybridized carbons (Fsp3) is 0.286. The third-order valence-electron chi connectivity index (χ3n) is 4.48. The summed E-state index contributed by atoms with van der Waals surface area (Å²) in [6.07, 6.45) is 0.438. The lowest BCUT2D eigenvalue weighted by Crippen LogP contribution is -2.36. The highest BCUT2D eigenvalue weighted by Gasteiger charge is 2.22. The number of carbonyl (C=O) groups is 3. The smallest absolute Gasteiger partial charge is 0.349 e. The molecule has 1 aromatic carbocycles. The first-order valence-electron chi connectivity index (χ1n) is 9.91. The summed E-state index contributed by atoms with van der Waals surface area (Å²) in [5.74, 6) is -1.92. The minimum absolute atomic E-state index is 0.106. The van der Waals surface area contributed by atoms with Gasteiger partial charge < -0.3 is 25.8 Å². The van der Waals surface area contributed by atoms with Gasteiger partial charge >= 0.3 is 5.97 Å². The number of hydrogen-bond acceptors (Lipinski definition) is 9. The van der Waals surface area contributed by atoms with Crippen LogP contribution in [0.15, 0.2) is 24.5 Å². The van der Waals surface area contributed by atoms with Crippen molar-refractivity contribution in [1.82, 2.24) is 15.3 Å². The number of nitrogens with one attached hydrogen (secondary N) is 2. The molecule has 10 nitrogen and oxygen atoms in total. The van der Waals surface area contributed by atoms with Crippen molar-refractivity contribution in [3.8, 4) is 5.75 Å². The Balaban J connectivity index is 1.94. The molecule has 0 fully saturated rings. The zero-order valence-electron chi connectivity index (χ0n) is 18.1. The second-order valence-electron chi connectivity index (χ2n) is 6.92. The first kappa shape index (κ1) is 23.9. The van der Waals surface area contributed by atoms with E-state index in [1.54, 1.807) is 20.8 Å². The number of nitrogens with two attached hydrogens (primary N) is 1. The van der Waals surface area contributed by atoms with Crippen LogP contribution in [0.2, 0.25) is 0 Å². The molecule has 0 bridgehead atoms. The SMILES string of the molecule is CCNC(=O)C(C)Oc1cc(F)ccc1Nc1ncnc2sc(C(=O)OCC(N)=O)c(C)c12. The van der Waals surface area contributed by atoms with E-state index in [2.05, 4.69) is 20.6 Å². The maximum Gasteiger partial charge on any atom is 0.349 e. The van der Waals surface area contributed by atoms with Crippen molar-refractivity contribution < 1.29 is 28.2 Å². The van der Waals surface area contributed by atoms with Gasteiger partial charge in [0.15, 0.2) is 12.7 Å². The molecule has 0 saturated heterocycles. The number of likely N-dealkylation sites (N-methyl/N-ethyl adjacent to an activating group) is 1. The topological polar surface area (TPSA) is 146 Å². The molecule has 0 saturated carbocycles. The van der Waals surface area contributed by atoms with Crippen LogP contribution in [-0.4, -0.2) is 47.0 Å². The molecule has 174 valence electrons. The molecule has 2 amide bonds. The fourth-order valence-electron chi connectivity index (χ4n) is 2.95. The monoisotopic (exact) mass is 475 g/mol. The van der Waals surface area contributed by atoms with E-state index >= 15 is 0 Å². The number of nitrogens with zero attached hydrogens (tertiary/aromatic N) is 2. The molecule has 1 unspecified atom stereocenters. The van der Waals surface area contributed by atoms with Gasteiger partial charge in [0.05, 0.1) is 11.1 Å². The minimum Gasteiger partial charge on any atom is -0.479 e. The normalized spacial score (nSPS) is 11.6. The lowest BCUT2D eigenvalue weighted by atomic mass is 10.2. The molecule has 33 heavy (non-hydrogen) atoms. The number of rotatable bonds is 9. The second kappa shape index (κ2) is 10.2. The Labute approximate surface area is 192 Å². The van der Waals surface area contributed by atoms with E-state index in [9.17, 15) is 18.8 Å². The minimum atomic E-state index is -0.868. The van der Waals surface area contributed by atoms with Gasteiger partial charge in [-0.3, -0.25) is 9.59 Å². The Hall–Kier alpha value is -3.80. The van der Waals surface area contributed by atoms with Gasteiger partial charge in [-0.15, -0.1) is 11.3 Å². The van der Waals surface area contributed by atoms with E-state index < -0.39 is 30.4 Å². The van der Waals surface area contributed by atoms with Crippen molar-refractivity contribution in [2.75, 3.05) is 18.5 Å². The lowest BCUT2D eigenvalue weighted by Gasteiger charge is -2.18. The number of fused-ring (bicyclic) bond motifs is 1. The number of aromatic nitrogens is 2. The summed E-state index contributed by atoms with van der Waals surface area (Å²) in [5.41, 5.74) is 5.92. The summed E-state index contributed by atoms with van der Waals surface area (Å²) in [4.78, 5) is 44.5. The number of halogens is 1. The van der Waals surface area contributed by atoms with E-state index in [-0.39, 0.29) is 16.5 Å². The van der Waals surface area contributed by atoms with Gasteiger partial charge in [0.2, 0.25) is 0 Å². The quantitative estimate of drug-likeness (QED) is 0.400. The Bertz CT molecular complexity index is 1220. The van der Waals surface area contributed by atoms with Crippen molar-refractivity contribution in [2.24, 2.45) is 5.73 Å². The van der Waals surface area contributed by atoms with Crippen LogP contribution >= 0.6 is 11.3 Å². The molecule has 1 atom stereocenters. The first-order valence-corrected chi connectivity index (χ1v) is 10.7.